The Morgan fingerprint density at radius 2 is 2.00 bits per heavy atom. The molecule has 0 fully saturated rings. The van der Waals surface area contributed by atoms with Crippen LogP contribution in [-0.4, -0.2) is 62.1 Å². The van der Waals surface area contributed by atoms with Gasteiger partial charge in [-0.15, -0.1) is 0 Å². The molecule has 0 saturated carbocycles. The van der Waals surface area contributed by atoms with Gasteiger partial charge in [0.05, 0.1) is 19.4 Å². The Morgan fingerprint density at radius 1 is 1.20 bits per heavy atom. The summed E-state index contributed by atoms with van der Waals surface area (Å²) >= 11 is 0. The van der Waals surface area contributed by atoms with Crippen molar-refractivity contribution in [2.75, 3.05) is 40.3 Å². The first kappa shape index (κ1) is 23.4. The summed E-state index contributed by atoms with van der Waals surface area (Å²) in [5.74, 6) is 0.964. The van der Waals surface area contributed by atoms with Crippen molar-refractivity contribution < 1.29 is 14.3 Å². The van der Waals surface area contributed by atoms with E-state index in [1.54, 1.807) is 25.1 Å². The van der Waals surface area contributed by atoms with Gasteiger partial charge in [-0.2, -0.15) is 0 Å². The Balaban J connectivity index is 1.97. The van der Waals surface area contributed by atoms with Gasteiger partial charge in [-0.05, 0) is 57.8 Å². The van der Waals surface area contributed by atoms with Crippen LogP contribution in [0.4, 0.5) is 0 Å². The number of likely N-dealkylation sites (N-methyl/N-ethyl adjacent to an activating group) is 1. The van der Waals surface area contributed by atoms with Gasteiger partial charge in [0.25, 0.3) is 5.91 Å². The third kappa shape index (κ3) is 7.53. The Labute approximate surface area is 178 Å². The number of amides is 1. The molecule has 0 bridgehead atoms. The summed E-state index contributed by atoms with van der Waals surface area (Å²) in [6.45, 7) is 6.36. The first-order valence-corrected chi connectivity index (χ1v) is 10.1. The predicted octanol–water partition coefficient (Wildman–Crippen LogP) is 1.53. The van der Waals surface area contributed by atoms with Gasteiger partial charge in [-0.1, -0.05) is 12.1 Å². The number of benzene rings is 1. The van der Waals surface area contributed by atoms with Crippen LogP contribution in [0.2, 0.25) is 0 Å². The van der Waals surface area contributed by atoms with E-state index in [9.17, 15) is 9.90 Å². The molecule has 0 radical (unpaired) electrons. The van der Waals surface area contributed by atoms with Crippen molar-refractivity contribution in [3.63, 3.8) is 0 Å². The fourth-order valence-electron chi connectivity index (χ4n) is 2.75. The van der Waals surface area contributed by atoms with Crippen LogP contribution in [0.5, 0.6) is 0 Å². The molecular weight excluding hydrogens is 382 g/mol. The van der Waals surface area contributed by atoms with Gasteiger partial charge in [-0.3, -0.25) is 4.79 Å². The number of hydrogen-bond acceptors (Lipinski definition) is 5. The number of aliphatic hydroxyl groups is 1. The molecule has 1 unspecified atom stereocenters. The number of nitrogens with one attached hydrogen (secondary N) is 3. The summed E-state index contributed by atoms with van der Waals surface area (Å²) in [5, 5.41) is 19.8. The van der Waals surface area contributed by atoms with Crippen molar-refractivity contribution in [1.82, 2.24) is 20.9 Å². The second-order valence-electron chi connectivity index (χ2n) is 7.56. The molecule has 30 heavy (non-hydrogen) atoms. The highest BCUT2D eigenvalue weighted by Gasteiger charge is 2.26. The fraction of sp³-hybridized carbons (Fsp3) is 0.455. The van der Waals surface area contributed by atoms with Crippen LogP contribution in [0.3, 0.4) is 0 Å². The van der Waals surface area contributed by atoms with E-state index in [1.165, 1.54) is 6.26 Å². The molecule has 2 aromatic rings. The molecule has 8 heteroatoms. The third-order valence-electron chi connectivity index (χ3n) is 4.45. The molecule has 2 rings (SSSR count). The van der Waals surface area contributed by atoms with Crippen molar-refractivity contribution in [1.29, 1.82) is 0 Å². The van der Waals surface area contributed by atoms with Crippen molar-refractivity contribution in [3.05, 3.63) is 59.5 Å². The van der Waals surface area contributed by atoms with Crippen LogP contribution in [0.15, 0.2) is 52.1 Å². The lowest BCUT2D eigenvalue weighted by Gasteiger charge is -2.22. The second kappa shape index (κ2) is 11.4. The molecule has 0 aliphatic carbocycles. The minimum atomic E-state index is -1.16. The van der Waals surface area contributed by atoms with Gasteiger partial charge in [0, 0.05) is 25.2 Å². The van der Waals surface area contributed by atoms with Crippen LogP contribution in [0.1, 0.15) is 35.5 Å². The molecule has 164 valence electrons. The lowest BCUT2D eigenvalue weighted by atomic mass is 10.0. The van der Waals surface area contributed by atoms with Crippen molar-refractivity contribution in [2.24, 2.45) is 4.99 Å². The number of nitrogens with zero attached hydrogens (tertiary/aromatic N) is 2. The van der Waals surface area contributed by atoms with Crippen LogP contribution in [0, 0.1) is 0 Å². The maximum absolute atomic E-state index is 12.3. The van der Waals surface area contributed by atoms with Crippen molar-refractivity contribution in [3.8, 4) is 0 Å². The lowest BCUT2D eigenvalue weighted by Crippen LogP contribution is -2.44. The smallest absolute Gasteiger partial charge is 0.251 e. The Kier molecular flexibility index (Phi) is 8.89. The standard InChI is InChI=1S/C22H33N5O3/c1-5-23-21(26-16-22(2,29)19-10-7-13-30-19)25-15-17-8-6-9-18(14-17)20(28)24-11-12-27(3)4/h6-10,13-14,29H,5,11-12,15-16H2,1-4H3,(H,24,28)(H2,23,25,26). The van der Waals surface area contributed by atoms with E-state index in [0.717, 1.165) is 12.1 Å². The summed E-state index contributed by atoms with van der Waals surface area (Å²) in [6.07, 6.45) is 1.53. The molecule has 0 aliphatic heterocycles. The van der Waals surface area contributed by atoms with Gasteiger partial charge in [0.2, 0.25) is 0 Å². The van der Waals surface area contributed by atoms with Crippen molar-refractivity contribution >= 4 is 11.9 Å². The summed E-state index contributed by atoms with van der Waals surface area (Å²) in [7, 11) is 3.93. The molecule has 0 spiro atoms. The maximum atomic E-state index is 12.3. The predicted molar refractivity (Wildman–Crippen MR) is 118 cm³/mol. The Morgan fingerprint density at radius 3 is 2.67 bits per heavy atom. The maximum Gasteiger partial charge on any atom is 0.251 e. The molecule has 0 saturated heterocycles. The van der Waals surface area contributed by atoms with Gasteiger partial charge in [-0.25, -0.2) is 4.99 Å². The topological polar surface area (TPSA) is 102 Å². The average Bonchev–Trinajstić information content (AvgIpc) is 3.26. The highest BCUT2D eigenvalue weighted by Crippen LogP contribution is 2.19. The third-order valence-corrected chi connectivity index (χ3v) is 4.45. The summed E-state index contributed by atoms with van der Waals surface area (Å²) in [5.41, 5.74) is 0.370. The van der Waals surface area contributed by atoms with E-state index >= 15 is 0 Å². The number of carbonyl (C=O) groups excluding carboxylic acids is 1. The second-order valence-corrected chi connectivity index (χ2v) is 7.56. The number of aliphatic imine (C=N–C) groups is 1. The Hall–Kier alpha value is -2.84. The Bertz CT molecular complexity index is 816. The highest BCUT2D eigenvalue weighted by atomic mass is 16.4. The van der Waals surface area contributed by atoms with E-state index in [0.29, 0.717) is 36.9 Å². The lowest BCUT2D eigenvalue weighted by molar-refractivity contribution is 0.0386. The van der Waals surface area contributed by atoms with Gasteiger partial charge in [0.15, 0.2) is 5.96 Å². The molecule has 1 aromatic carbocycles. The largest absolute Gasteiger partial charge is 0.466 e. The summed E-state index contributed by atoms with van der Waals surface area (Å²) in [4.78, 5) is 18.9. The molecule has 1 atom stereocenters. The fourth-order valence-corrected chi connectivity index (χ4v) is 2.75. The highest BCUT2D eigenvalue weighted by molar-refractivity contribution is 5.94. The van der Waals surface area contributed by atoms with E-state index in [-0.39, 0.29) is 12.5 Å². The molecule has 0 aliphatic rings. The minimum absolute atomic E-state index is 0.0952. The molecule has 4 N–H and O–H groups in total. The van der Waals surface area contributed by atoms with Crippen LogP contribution in [-0.2, 0) is 12.1 Å². The van der Waals surface area contributed by atoms with E-state index < -0.39 is 5.60 Å². The molecular formula is C22H33N5O3. The summed E-state index contributed by atoms with van der Waals surface area (Å²) in [6, 6.07) is 10.9. The van der Waals surface area contributed by atoms with Gasteiger partial charge >= 0.3 is 0 Å². The molecule has 1 amide bonds. The van der Waals surface area contributed by atoms with Crippen molar-refractivity contribution in [2.45, 2.75) is 26.0 Å². The van der Waals surface area contributed by atoms with Crippen LogP contribution >= 0.6 is 0 Å². The number of rotatable bonds is 10. The molecule has 1 aromatic heterocycles. The van der Waals surface area contributed by atoms with Crippen LogP contribution < -0.4 is 16.0 Å². The van der Waals surface area contributed by atoms with E-state index in [1.807, 2.05) is 44.1 Å². The van der Waals surface area contributed by atoms with Gasteiger partial charge < -0.3 is 30.4 Å². The quantitative estimate of drug-likeness (QED) is 0.347. The number of furan rings is 1. The molecule has 1 heterocycles. The first-order valence-electron chi connectivity index (χ1n) is 10.1. The normalized spacial score (nSPS) is 13.7. The zero-order chi connectivity index (χ0) is 22.0. The SMILES string of the molecule is CCNC(=NCc1cccc(C(=O)NCCN(C)C)c1)NCC(C)(O)c1ccco1. The monoisotopic (exact) mass is 415 g/mol. The zero-order valence-electron chi connectivity index (χ0n) is 18.2. The minimum Gasteiger partial charge on any atom is -0.466 e. The average molecular weight is 416 g/mol. The van der Waals surface area contributed by atoms with E-state index in [2.05, 4.69) is 20.9 Å². The van der Waals surface area contributed by atoms with E-state index in [4.69, 9.17) is 4.42 Å². The summed E-state index contributed by atoms with van der Waals surface area (Å²) < 4.78 is 5.31. The van der Waals surface area contributed by atoms with Crippen LogP contribution in [0.25, 0.3) is 0 Å². The number of hydrogen-bond donors (Lipinski definition) is 4. The van der Waals surface area contributed by atoms with Gasteiger partial charge in [0.1, 0.15) is 11.4 Å². The number of guanidine groups is 1. The number of carbonyl (C=O) groups is 1. The molecule has 8 nitrogen and oxygen atoms in total. The first-order chi connectivity index (χ1) is 14.3. The zero-order valence-corrected chi connectivity index (χ0v) is 18.2.